The lowest BCUT2D eigenvalue weighted by atomic mass is 10.5. The summed E-state index contributed by atoms with van der Waals surface area (Å²) in [6.45, 7) is 10.5. The molecule has 0 unspecified atom stereocenters. The Morgan fingerprint density at radius 1 is 1.45 bits per heavy atom. The molecule has 0 aromatic rings. The van der Waals surface area contributed by atoms with E-state index >= 15 is 0 Å². The van der Waals surface area contributed by atoms with Gasteiger partial charge < -0.3 is 5.32 Å². The van der Waals surface area contributed by atoms with Gasteiger partial charge in [0.25, 0.3) is 0 Å². The molecule has 0 amide bonds. The van der Waals surface area contributed by atoms with Crippen LogP contribution in [0.4, 0.5) is 0 Å². The summed E-state index contributed by atoms with van der Waals surface area (Å²) in [6, 6.07) is 0. The Kier molecular flexibility index (Phi) is 10.8. The maximum absolute atomic E-state index is 4.12. The number of aliphatic imine (C=N–C) groups is 1. The highest BCUT2D eigenvalue weighted by Crippen LogP contribution is 1.74. The molecule has 0 aromatic carbocycles. The number of nitrogens with one attached hydrogen (secondary N) is 1. The van der Waals surface area contributed by atoms with Gasteiger partial charge in [0.05, 0.1) is 12.4 Å². The number of nitrogens with zero attached hydrogens (tertiary/aromatic N) is 1. The molecule has 1 N–H and O–H groups in total. The van der Waals surface area contributed by atoms with Crippen molar-refractivity contribution in [2.45, 2.75) is 6.92 Å². The van der Waals surface area contributed by atoms with Crippen molar-refractivity contribution in [3.63, 3.8) is 0 Å². The monoisotopic (exact) mass is 174 g/mol. The molecule has 0 fully saturated rings. The molecule has 3 heteroatoms. The fourth-order valence-electron chi connectivity index (χ4n) is 0.477. The second kappa shape index (κ2) is 9.24. The van der Waals surface area contributed by atoms with E-state index in [1.165, 1.54) is 0 Å². The minimum Gasteiger partial charge on any atom is -0.371 e. The van der Waals surface area contributed by atoms with Gasteiger partial charge in [-0.15, -0.1) is 25.6 Å². The summed E-state index contributed by atoms with van der Waals surface area (Å²) in [6.07, 6.45) is 3.56. The number of amidine groups is 1. The van der Waals surface area contributed by atoms with Crippen molar-refractivity contribution in [1.29, 1.82) is 0 Å². The SMILES string of the molecule is C=CCN=C(C)NCC=C.Cl. The van der Waals surface area contributed by atoms with Crippen LogP contribution in [-0.4, -0.2) is 18.9 Å². The molecule has 0 saturated heterocycles. The summed E-state index contributed by atoms with van der Waals surface area (Å²) in [5, 5.41) is 3.05. The minimum absolute atomic E-state index is 0. The highest BCUT2D eigenvalue weighted by atomic mass is 35.5. The van der Waals surface area contributed by atoms with E-state index < -0.39 is 0 Å². The highest BCUT2D eigenvalue weighted by molar-refractivity contribution is 5.85. The van der Waals surface area contributed by atoms with Crippen molar-refractivity contribution in [3.8, 4) is 0 Å². The largest absolute Gasteiger partial charge is 0.371 e. The number of halogens is 1. The molecule has 0 aliphatic rings. The van der Waals surface area contributed by atoms with Crippen molar-refractivity contribution in [2.75, 3.05) is 13.1 Å². The summed E-state index contributed by atoms with van der Waals surface area (Å²) >= 11 is 0. The van der Waals surface area contributed by atoms with E-state index in [1.807, 2.05) is 6.92 Å². The zero-order valence-corrected chi connectivity index (χ0v) is 7.66. The van der Waals surface area contributed by atoms with Crippen LogP contribution in [-0.2, 0) is 0 Å². The fraction of sp³-hybridized carbons (Fsp3) is 0.375. The normalized spacial score (nSPS) is 9.73. The third-order valence-corrected chi connectivity index (χ3v) is 0.960. The Hall–Kier alpha value is -0.760. The summed E-state index contributed by atoms with van der Waals surface area (Å²) in [7, 11) is 0. The summed E-state index contributed by atoms with van der Waals surface area (Å²) in [5.74, 6) is 0.930. The summed E-state index contributed by atoms with van der Waals surface area (Å²) < 4.78 is 0. The Labute approximate surface area is 74.5 Å². The van der Waals surface area contributed by atoms with Gasteiger partial charge in [0.1, 0.15) is 0 Å². The molecule has 2 nitrogen and oxygen atoms in total. The molecular weight excluding hydrogens is 160 g/mol. The van der Waals surface area contributed by atoms with Crippen LogP contribution in [0.2, 0.25) is 0 Å². The zero-order chi connectivity index (χ0) is 7.82. The Balaban J connectivity index is 0. The second-order valence-corrected chi connectivity index (χ2v) is 1.88. The first kappa shape index (κ1) is 12.9. The molecule has 64 valence electrons. The zero-order valence-electron chi connectivity index (χ0n) is 6.84. The first-order chi connectivity index (χ1) is 4.81. The van der Waals surface area contributed by atoms with Crippen LogP contribution in [0.5, 0.6) is 0 Å². The Morgan fingerprint density at radius 3 is 2.55 bits per heavy atom. The van der Waals surface area contributed by atoms with Crippen LogP contribution >= 0.6 is 12.4 Å². The van der Waals surface area contributed by atoms with Gasteiger partial charge in [0, 0.05) is 6.54 Å². The van der Waals surface area contributed by atoms with Crippen LogP contribution in [0.25, 0.3) is 0 Å². The van der Waals surface area contributed by atoms with E-state index in [1.54, 1.807) is 12.2 Å². The van der Waals surface area contributed by atoms with Crippen LogP contribution in [0, 0.1) is 0 Å². The van der Waals surface area contributed by atoms with E-state index in [-0.39, 0.29) is 12.4 Å². The van der Waals surface area contributed by atoms with Gasteiger partial charge in [-0.05, 0) is 6.92 Å². The average molecular weight is 175 g/mol. The van der Waals surface area contributed by atoms with E-state index in [2.05, 4.69) is 23.5 Å². The van der Waals surface area contributed by atoms with Crippen LogP contribution in [0.15, 0.2) is 30.3 Å². The van der Waals surface area contributed by atoms with Gasteiger partial charge in [-0.3, -0.25) is 4.99 Å². The summed E-state index contributed by atoms with van der Waals surface area (Å²) in [5.41, 5.74) is 0. The third-order valence-electron chi connectivity index (χ3n) is 0.960. The lowest BCUT2D eigenvalue weighted by molar-refractivity contribution is 1.01. The number of rotatable bonds is 4. The van der Waals surface area contributed by atoms with Crippen LogP contribution in [0.1, 0.15) is 6.92 Å². The van der Waals surface area contributed by atoms with Crippen LogP contribution < -0.4 is 5.32 Å². The van der Waals surface area contributed by atoms with Crippen LogP contribution in [0.3, 0.4) is 0 Å². The van der Waals surface area contributed by atoms with Gasteiger partial charge in [0.15, 0.2) is 0 Å². The van der Waals surface area contributed by atoms with Gasteiger partial charge >= 0.3 is 0 Å². The lowest BCUT2D eigenvalue weighted by Crippen LogP contribution is -2.20. The number of hydrogen-bond acceptors (Lipinski definition) is 1. The van der Waals surface area contributed by atoms with Crippen molar-refractivity contribution in [3.05, 3.63) is 25.3 Å². The van der Waals surface area contributed by atoms with E-state index in [0.717, 1.165) is 12.4 Å². The summed E-state index contributed by atoms with van der Waals surface area (Å²) in [4.78, 5) is 4.12. The molecule has 0 heterocycles. The molecule has 0 atom stereocenters. The van der Waals surface area contributed by atoms with Crippen molar-refractivity contribution < 1.29 is 0 Å². The van der Waals surface area contributed by atoms with Crippen molar-refractivity contribution in [2.24, 2.45) is 4.99 Å². The van der Waals surface area contributed by atoms with E-state index in [9.17, 15) is 0 Å². The molecular formula is C8H15ClN2. The molecule has 0 aliphatic carbocycles. The van der Waals surface area contributed by atoms with Gasteiger partial charge in [-0.25, -0.2) is 0 Å². The first-order valence-corrected chi connectivity index (χ1v) is 3.28. The quantitative estimate of drug-likeness (QED) is 0.392. The topological polar surface area (TPSA) is 24.4 Å². The molecule has 0 bridgehead atoms. The Bertz CT molecular complexity index is 141. The Morgan fingerprint density at radius 2 is 2.09 bits per heavy atom. The highest BCUT2D eigenvalue weighted by Gasteiger charge is 1.82. The fourth-order valence-corrected chi connectivity index (χ4v) is 0.477. The van der Waals surface area contributed by atoms with Gasteiger partial charge in [-0.1, -0.05) is 12.2 Å². The maximum atomic E-state index is 4.12. The standard InChI is InChI=1S/C8H14N2.ClH/c1-4-6-9-8(3)10-7-5-2;/h4-5H,1-2,6-7H2,3H3,(H,9,10);1H. The van der Waals surface area contributed by atoms with Crippen molar-refractivity contribution in [1.82, 2.24) is 5.32 Å². The molecule has 11 heavy (non-hydrogen) atoms. The molecule has 0 spiro atoms. The van der Waals surface area contributed by atoms with Gasteiger partial charge in [-0.2, -0.15) is 0 Å². The predicted molar refractivity (Wildman–Crippen MR) is 53.6 cm³/mol. The lowest BCUT2D eigenvalue weighted by Gasteiger charge is -1.99. The third kappa shape index (κ3) is 9.24. The molecule has 0 radical (unpaired) electrons. The first-order valence-electron chi connectivity index (χ1n) is 3.28. The predicted octanol–water partition coefficient (Wildman–Crippen LogP) is 1.79. The molecule has 0 aliphatic heterocycles. The molecule has 0 aromatic heterocycles. The van der Waals surface area contributed by atoms with Gasteiger partial charge in [0.2, 0.25) is 0 Å². The molecule has 0 saturated carbocycles. The van der Waals surface area contributed by atoms with E-state index in [4.69, 9.17) is 0 Å². The molecule has 0 rings (SSSR count). The van der Waals surface area contributed by atoms with E-state index in [0.29, 0.717) is 6.54 Å². The number of hydrogen-bond donors (Lipinski definition) is 1. The maximum Gasteiger partial charge on any atom is 0.0937 e. The second-order valence-electron chi connectivity index (χ2n) is 1.88. The smallest absolute Gasteiger partial charge is 0.0937 e. The van der Waals surface area contributed by atoms with Crippen molar-refractivity contribution >= 4 is 18.2 Å². The minimum atomic E-state index is 0. The average Bonchev–Trinajstić information content (AvgIpc) is 1.97.